The van der Waals surface area contributed by atoms with Crippen LogP contribution in [-0.2, 0) is 0 Å². The molecule has 1 saturated heterocycles. The molecule has 2 nitrogen and oxygen atoms in total. The van der Waals surface area contributed by atoms with Crippen LogP contribution in [-0.4, -0.2) is 54.9 Å². The van der Waals surface area contributed by atoms with E-state index in [1.54, 1.807) is 0 Å². The van der Waals surface area contributed by atoms with Crippen molar-refractivity contribution in [2.45, 2.75) is 38.6 Å². The number of nitrogens with zero attached hydrogens (tertiary/aromatic N) is 2. The maximum Gasteiger partial charge on any atom is 0.0220 e. The van der Waals surface area contributed by atoms with Crippen molar-refractivity contribution in [1.29, 1.82) is 0 Å². The predicted octanol–water partition coefficient (Wildman–Crippen LogP) is 2.82. The van der Waals surface area contributed by atoms with Crippen LogP contribution in [0.15, 0.2) is 0 Å². The topological polar surface area (TPSA) is 6.48 Å². The van der Waals surface area contributed by atoms with Crippen LogP contribution in [0.3, 0.4) is 0 Å². The van der Waals surface area contributed by atoms with Crippen LogP contribution in [0.25, 0.3) is 0 Å². The van der Waals surface area contributed by atoms with Gasteiger partial charge in [-0.3, -0.25) is 0 Å². The molecule has 0 aromatic heterocycles. The summed E-state index contributed by atoms with van der Waals surface area (Å²) in [6.07, 6.45) is 5.41. The van der Waals surface area contributed by atoms with Gasteiger partial charge in [-0.15, -0.1) is 0 Å². The third-order valence-corrected chi connectivity index (χ3v) is 4.59. The van der Waals surface area contributed by atoms with Gasteiger partial charge in [-0.05, 0) is 45.8 Å². The van der Waals surface area contributed by atoms with Crippen LogP contribution >= 0.6 is 15.9 Å². The molecule has 2 atom stereocenters. The summed E-state index contributed by atoms with van der Waals surface area (Å²) in [5, 5.41) is 1.14. The summed E-state index contributed by atoms with van der Waals surface area (Å²) in [6.45, 7) is 6.04. The molecule has 1 aliphatic heterocycles. The molecule has 0 bridgehead atoms. The van der Waals surface area contributed by atoms with Crippen LogP contribution in [0.2, 0.25) is 0 Å². The Hall–Kier alpha value is 0.400. The lowest BCUT2D eigenvalue weighted by molar-refractivity contribution is 0.201. The molecule has 0 saturated carbocycles. The normalized spacial score (nSPS) is 24.2. The first-order valence-corrected chi connectivity index (χ1v) is 7.74. The number of alkyl halides is 1. The van der Waals surface area contributed by atoms with Gasteiger partial charge in [0, 0.05) is 24.5 Å². The van der Waals surface area contributed by atoms with E-state index in [0.29, 0.717) is 0 Å². The summed E-state index contributed by atoms with van der Waals surface area (Å²) in [6, 6.07) is 0.794. The first-order chi connectivity index (χ1) is 7.67. The van der Waals surface area contributed by atoms with Crippen molar-refractivity contribution in [3.8, 4) is 0 Å². The van der Waals surface area contributed by atoms with Crippen molar-refractivity contribution in [2.75, 3.05) is 39.1 Å². The fourth-order valence-electron chi connectivity index (χ4n) is 2.71. The average molecular weight is 291 g/mol. The van der Waals surface area contributed by atoms with E-state index >= 15 is 0 Å². The Morgan fingerprint density at radius 2 is 2.25 bits per heavy atom. The second-order valence-corrected chi connectivity index (χ2v) is 5.95. The van der Waals surface area contributed by atoms with E-state index < -0.39 is 0 Å². The molecule has 0 aromatic rings. The third kappa shape index (κ3) is 4.72. The molecular weight excluding hydrogens is 264 g/mol. The minimum Gasteiger partial charge on any atom is -0.305 e. The highest BCUT2D eigenvalue weighted by Crippen LogP contribution is 2.17. The molecule has 1 aliphatic rings. The molecule has 3 heteroatoms. The van der Waals surface area contributed by atoms with Gasteiger partial charge in [-0.1, -0.05) is 29.3 Å². The van der Waals surface area contributed by atoms with Gasteiger partial charge in [0.1, 0.15) is 0 Å². The quantitative estimate of drug-likeness (QED) is 0.666. The van der Waals surface area contributed by atoms with E-state index in [1.807, 2.05) is 0 Å². The highest BCUT2D eigenvalue weighted by atomic mass is 79.9. The van der Waals surface area contributed by atoms with Crippen LogP contribution in [0, 0.1) is 5.92 Å². The van der Waals surface area contributed by atoms with Crippen molar-refractivity contribution in [3.05, 3.63) is 0 Å². The van der Waals surface area contributed by atoms with E-state index in [0.717, 1.165) is 17.3 Å². The molecule has 1 heterocycles. The summed E-state index contributed by atoms with van der Waals surface area (Å²) < 4.78 is 0. The lowest BCUT2D eigenvalue weighted by Crippen LogP contribution is -2.38. The molecule has 96 valence electrons. The van der Waals surface area contributed by atoms with Crippen molar-refractivity contribution >= 4 is 15.9 Å². The molecule has 0 aromatic carbocycles. The van der Waals surface area contributed by atoms with Gasteiger partial charge >= 0.3 is 0 Å². The highest BCUT2D eigenvalue weighted by molar-refractivity contribution is 9.09. The van der Waals surface area contributed by atoms with Gasteiger partial charge < -0.3 is 9.80 Å². The zero-order chi connectivity index (χ0) is 12.0. The lowest BCUT2D eigenvalue weighted by Gasteiger charge is -2.28. The Morgan fingerprint density at radius 3 is 2.75 bits per heavy atom. The molecule has 0 amide bonds. The van der Waals surface area contributed by atoms with E-state index in [4.69, 9.17) is 0 Å². The SMILES string of the molecule is CCCC(CBr)CN(C)CC1CCCN1C. The molecule has 16 heavy (non-hydrogen) atoms. The van der Waals surface area contributed by atoms with Gasteiger partial charge in [0.15, 0.2) is 0 Å². The number of hydrogen-bond donors (Lipinski definition) is 0. The Kier molecular flexibility index (Phi) is 6.94. The summed E-state index contributed by atoms with van der Waals surface area (Å²) >= 11 is 3.63. The summed E-state index contributed by atoms with van der Waals surface area (Å²) in [5.41, 5.74) is 0. The third-order valence-electron chi connectivity index (χ3n) is 3.68. The molecule has 0 radical (unpaired) electrons. The lowest BCUT2D eigenvalue weighted by atomic mass is 10.1. The number of likely N-dealkylation sites (N-methyl/N-ethyl adjacent to an activating group) is 2. The summed E-state index contributed by atoms with van der Waals surface area (Å²) in [7, 11) is 4.54. The Balaban J connectivity index is 2.25. The van der Waals surface area contributed by atoms with Gasteiger partial charge in [0.2, 0.25) is 0 Å². The molecule has 1 fully saturated rings. The van der Waals surface area contributed by atoms with E-state index in [9.17, 15) is 0 Å². The van der Waals surface area contributed by atoms with Crippen molar-refractivity contribution in [2.24, 2.45) is 5.92 Å². The van der Waals surface area contributed by atoms with Crippen molar-refractivity contribution in [3.63, 3.8) is 0 Å². The first-order valence-electron chi connectivity index (χ1n) is 6.62. The molecule has 0 aliphatic carbocycles. The molecular formula is C13H27BrN2. The van der Waals surface area contributed by atoms with Gasteiger partial charge in [0.05, 0.1) is 0 Å². The molecule has 1 rings (SSSR count). The number of rotatable bonds is 7. The summed E-state index contributed by atoms with van der Waals surface area (Å²) in [4.78, 5) is 5.04. The predicted molar refractivity (Wildman–Crippen MR) is 75.3 cm³/mol. The minimum absolute atomic E-state index is 0.794. The smallest absolute Gasteiger partial charge is 0.0220 e. The molecule has 0 spiro atoms. The van der Waals surface area contributed by atoms with Crippen LogP contribution in [0.5, 0.6) is 0 Å². The monoisotopic (exact) mass is 290 g/mol. The zero-order valence-electron chi connectivity index (χ0n) is 11.1. The zero-order valence-corrected chi connectivity index (χ0v) is 12.7. The minimum atomic E-state index is 0.794. The Labute approximate surface area is 109 Å². The average Bonchev–Trinajstić information content (AvgIpc) is 2.64. The fraction of sp³-hybridized carbons (Fsp3) is 1.00. The standard InChI is InChI=1S/C13H27BrN2/c1-4-6-12(9-14)10-15(2)11-13-7-5-8-16(13)3/h12-13H,4-11H2,1-3H3. The van der Waals surface area contributed by atoms with E-state index in [1.165, 1.54) is 45.3 Å². The van der Waals surface area contributed by atoms with E-state index in [2.05, 4.69) is 46.7 Å². The van der Waals surface area contributed by atoms with Crippen LogP contribution in [0.4, 0.5) is 0 Å². The second-order valence-electron chi connectivity index (χ2n) is 5.31. The Bertz CT molecular complexity index is 187. The van der Waals surface area contributed by atoms with Crippen molar-refractivity contribution < 1.29 is 0 Å². The largest absolute Gasteiger partial charge is 0.305 e. The number of halogens is 1. The van der Waals surface area contributed by atoms with Gasteiger partial charge in [0.25, 0.3) is 0 Å². The molecule has 0 N–H and O–H groups in total. The van der Waals surface area contributed by atoms with E-state index in [-0.39, 0.29) is 0 Å². The second kappa shape index (κ2) is 7.67. The van der Waals surface area contributed by atoms with Crippen molar-refractivity contribution in [1.82, 2.24) is 9.80 Å². The van der Waals surface area contributed by atoms with Crippen LogP contribution < -0.4 is 0 Å². The first kappa shape index (κ1) is 14.5. The fourth-order valence-corrected chi connectivity index (χ4v) is 3.24. The van der Waals surface area contributed by atoms with Crippen LogP contribution in [0.1, 0.15) is 32.6 Å². The summed E-state index contributed by atoms with van der Waals surface area (Å²) in [5.74, 6) is 0.821. The maximum atomic E-state index is 3.63. The Morgan fingerprint density at radius 1 is 1.50 bits per heavy atom. The number of likely N-dealkylation sites (tertiary alicyclic amines) is 1. The van der Waals surface area contributed by atoms with Gasteiger partial charge in [-0.2, -0.15) is 0 Å². The molecule has 2 unspecified atom stereocenters. The maximum absolute atomic E-state index is 3.63. The number of hydrogen-bond acceptors (Lipinski definition) is 2. The highest BCUT2D eigenvalue weighted by Gasteiger charge is 2.22. The van der Waals surface area contributed by atoms with Gasteiger partial charge in [-0.25, -0.2) is 0 Å².